The number of sulfonamides is 1. The van der Waals surface area contributed by atoms with Crippen molar-refractivity contribution in [2.45, 2.75) is 49.1 Å². The van der Waals surface area contributed by atoms with Crippen molar-refractivity contribution >= 4 is 33.2 Å². The van der Waals surface area contributed by atoms with Gasteiger partial charge >= 0.3 is 12.4 Å². The number of halogens is 7. The van der Waals surface area contributed by atoms with Crippen LogP contribution in [0.5, 0.6) is 0 Å². The number of thiazole rings is 1. The van der Waals surface area contributed by atoms with Gasteiger partial charge in [-0.15, -0.1) is 16.4 Å². The number of rotatable bonds is 7. The summed E-state index contributed by atoms with van der Waals surface area (Å²) in [6.45, 7) is -1.90. The Hall–Kier alpha value is -3.97. The van der Waals surface area contributed by atoms with Gasteiger partial charge in [0.1, 0.15) is 17.2 Å². The minimum Gasteiger partial charge on any atom is -0.290 e. The lowest BCUT2D eigenvalue weighted by Crippen LogP contribution is -2.52. The maximum Gasteiger partial charge on any atom is 0.427 e. The Labute approximate surface area is 260 Å². The van der Waals surface area contributed by atoms with Crippen molar-refractivity contribution < 1.29 is 43.9 Å². The number of Topliss-reactive ketones (excluding diaryl/α,β-unsaturated/α-hetero) is 1. The number of carbonyl (C=O) groups excluding carboxylic acids is 1. The van der Waals surface area contributed by atoms with Crippen molar-refractivity contribution in [2.75, 3.05) is 6.54 Å². The lowest BCUT2D eigenvalue weighted by molar-refractivity contribution is -0.140. The molecule has 1 aromatic carbocycles. The van der Waals surface area contributed by atoms with Gasteiger partial charge in [-0.2, -0.15) is 45.6 Å². The van der Waals surface area contributed by atoms with E-state index in [9.17, 15) is 43.9 Å². The molecular formula is C27H22F7N7O3S2. The summed E-state index contributed by atoms with van der Waals surface area (Å²) in [5.41, 5.74) is -0.00709. The first-order valence-electron chi connectivity index (χ1n) is 13.5. The number of benzene rings is 1. The topological polar surface area (TPSA) is 116 Å². The summed E-state index contributed by atoms with van der Waals surface area (Å²) < 4.78 is 124. The van der Waals surface area contributed by atoms with E-state index in [1.807, 2.05) is 0 Å². The van der Waals surface area contributed by atoms with E-state index in [-0.39, 0.29) is 34.9 Å². The fraction of sp³-hybridized carbons (Fsp3) is 0.370. The van der Waals surface area contributed by atoms with Crippen LogP contribution in [0.15, 0.2) is 53.5 Å². The number of ketones is 1. The second-order valence-corrected chi connectivity index (χ2v) is 13.8. The molecule has 1 saturated carbocycles. The molecule has 0 N–H and O–H groups in total. The number of carbonyl (C=O) groups is 1. The standard InChI is InChI=1S/C27H22F7N7O3S2/c1-39-36-13-22(38-39)46(43,44)40(14-26(29,30)31)19-5-2-16-8-20-15(11-37-41(20)18-6-3-17(28)4-7-18)9-25(16,10-19)23(42)24-35-12-21(45-24)27(32,33)34/h3-4,6-8,11-13,19H,2,5,9-10,14H2,1H3/t19-,25-/m0/s1. The van der Waals surface area contributed by atoms with E-state index in [1.54, 1.807) is 6.08 Å². The molecule has 10 nitrogen and oxygen atoms in total. The first kappa shape index (κ1) is 32.0. The van der Waals surface area contributed by atoms with Gasteiger partial charge in [-0.25, -0.2) is 22.5 Å². The van der Waals surface area contributed by atoms with E-state index in [4.69, 9.17) is 0 Å². The average molecular weight is 690 g/mol. The van der Waals surface area contributed by atoms with Crippen LogP contribution in [0.4, 0.5) is 30.7 Å². The third-order valence-corrected chi connectivity index (χ3v) is 10.8. The number of hydrogen-bond donors (Lipinski definition) is 0. The predicted octanol–water partition coefficient (Wildman–Crippen LogP) is 5.23. The fourth-order valence-corrected chi connectivity index (χ4v) is 8.34. The van der Waals surface area contributed by atoms with Gasteiger partial charge in [0.25, 0.3) is 10.0 Å². The minimum absolute atomic E-state index is 0.0771. The van der Waals surface area contributed by atoms with Gasteiger partial charge in [0.2, 0.25) is 10.8 Å². The molecule has 4 aromatic rings. The smallest absolute Gasteiger partial charge is 0.290 e. The summed E-state index contributed by atoms with van der Waals surface area (Å²) in [7, 11) is -3.61. The molecule has 6 rings (SSSR count). The highest BCUT2D eigenvalue weighted by Crippen LogP contribution is 2.52. The van der Waals surface area contributed by atoms with Gasteiger partial charge in [-0.3, -0.25) is 4.79 Å². The van der Waals surface area contributed by atoms with Crippen LogP contribution < -0.4 is 0 Å². The number of fused-ring (bicyclic) bond motifs is 2. The highest BCUT2D eigenvalue weighted by Gasteiger charge is 2.54. The van der Waals surface area contributed by atoms with Crippen molar-refractivity contribution in [3.05, 3.63) is 75.4 Å². The number of aromatic nitrogens is 6. The van der Waals surface area contributed by atoms with E-state index >= 15 is 0 Å². The molecule has 3 heterocycles. The van der Waals surface area contributed by atoms with Gasteiger partial charge in [0, 0.05) is 13.1 Å². The Morgan fingerprint density at radius 3 is 2.41 bits per heavy atom. The summed E-state index contributed by atoms with van der Waals surface area (Å²) in [5.74, 6) is -1.37. The Morgan fingerprint density at radius 1 is 1.09 bits per heavy atom. The first-order chi connectivity index (χ1) is 21.5. The Bertz CT molecular complexity index is 1950. The van der Waals surface area contributed by atoms with Crippen LogP contribution in [-0.4, -0.2) is 67.0 Å². The second kappa shape index (κ2) is 11.1. The Balaban J connectivity index is 1.46. The molecule has 0 bridgehead atoms. The quantitative estimate of drug-likeness (QED) is 0.193. The largest absolute Gasteiger partial charge is 0.427 e. The van der Waals surface area contributed by atoms with Crippen LogP contribution in [0.2, 0.25) is 0 Å². The molecule has 0 amide bonds. The Kier molecular flexibility index (Phi) is 7.71. The lowest BCUT2D eigenvalue weighted by Gasteiger charge is -2.46. The van der Waals surface area contributed by atoms with E-state index in [0.29, 0.717) is 28.7 Å². The number of allylic oxidation sites excluding steroid dienone is 1. The van der Waals surface area contributed by atoms with Crippen molar-refractivity contribution in [1.29, 1.82) is 0 Å². The summed E-state index contributed by atoms with van der Waals surface area (Å²) in [4.78, 5) is 17.7. The SMILES string of the molecule is Cn1ncc(S(=O)(=O)N(CC(F)(F)F)[C@H]2CCC3=Cc4c(cnn4-c4ccc(F)cc4)C[C@]3(C(=O)c3ncc(C(F)(F)F)s3)C2)n1. The van der Waals surface area contributed by atoms with E-state index in [2.05, 4.69) is 20.3 Å². The molecule has 3 aromatic heterocycles. The molecule has 2 aliphatic carbocycles. The molecule has 244 valence electrons. The summed E-state index contributed by atoms with van der Waals surface area (Å²) in [6.07, 6.45) is -6.42. The molecule has 0 aliphatic heterocycles. The molecule has 0 unspecified atom stereocenters. The van der Waals surface area contributed by atoms with Crippen molar-refractivity contribution in [1.82, 2.24) is 34.1 Å². The highest BCUT2D eigenvalue weighted by atomic mass is 32.2. The number of hydrogen-bond acceptors (Lipinski definition) is 8. The molecule has 19 heteroatoms. The van der Waals surface area contributed by atoms with Crippen LogP contribution in [0.3, 0.4) is 0 Å². The van der Waals surface area contributed by atoms with Crippen LogP contribution >= 0.6 is 11.3 Å². The molecule has 0 radical (unpaired) electrons. The average Bonchev–Trinajstić information content (AvgIpc) is 3.74. The van der Waals surface area contributed by atoms with Gasteiger partial charge in [-0.1, -0.05) is 5.57 Å². The van der Waals surface area contributed by atoms with Crippen LogP contribution in [-0.2, 0) is 29.7 Å². The molecule has 0 spiro atoms. The van der Waals surface area contributed by atoms with Crippen LogP contribution in [0, 0.1) is 11.2 Å². The number of aryl methyl sites for hydroxylation is 1. The predicted molar refractivity (Wildman–Crippen MR) is 148 cm³/mol. The zero-order valence-corrected chi connectivity index (χ0v) is 25.2. The Morgan fingerprint density at radius 2 is 1.80 bits per heavy atom. The summed E-state index contributed by atoms with van der Waals surface area (Å²) in [6, 6.07) is 3.94. The molecule has 0 saturated heterocycles. The van der Waals surface area contributed by atoms with Gasteiger partial charge in [-0.05, 0) is 61.6 Å². The maximum atomic E-state index is 14.3. The molecular weight excluding hydrogens is 667 g/mol. The second-order valence-electron chi connectivity index (χ2n) is 11.0. The monoisotopic (exact) mass is 689 g/mol. The van der Waals surface area contributed by atoms with Crippen LogP contribution in [0.1, 0.15) is 45.2 Å². The van der Waals surface area contributed by atoms with Gasteiger partial charge < -0.3 is 0 Å². The molecule has 2 atom stereocenters. The van der Waals surface area contributed by atoms with Crippen molar-refractivity contribution in [3.8, 4) is 5.69 Å². The molecule has 46 heavy (non-hydrogen) atoms. The van der Waals surface area contributed by atoms with Crippen molar-refractivity contribution in [3.63, 3.8) is 0 Å². The minimum atomic E-state index is -4.99. The van der Waals surface area contributed by atoms with E-state index < -0.39 is 73.3 Å². The van der Waals surface area contributed by atoms with Crippen molar-refractivity contribution in [2.24, 2.45) is 12.5 Å². The van der Waals surface area contributed by atoms with Gasteiger partial charge in [0.05, 0.1) is 35.4 Å². The van der Waals surface area contributed by atoms with E-state index in [0.717, 1.165) is 11.0 Å². The summed E-state index contributed by atoms with van der Waals surface area (Å²) in [5, 5.41) is 10.4. The number of alkyl halides is 6. The third kappa shape index (κ3) is 5.74. The zero-order valence-electron chi connectivity index (χ0n) is 23.5. The maximum absolute atomic E-state index is 14.3. The zero-order chi connectivity index (χ0) is 33.2. The first-order valence-corrected chi connectivity index (χ1v) is 15.8. The molecule has 2 aliphatic rings. The molecule has 1 fully saturated rings. The highest BCUT2D eigenvalue weighted by molar-refractivity contribution is 7.89. The summed E-state index contributed by atoms with van der Waals surface area (Å²) >= 11 is 0.0995. The van der Waals surface area contributed by atoms with Crippen LogP contribution in [0.25, 0.3) is 11.8 Å². The van der Waals surface area contributed by atoms with E-state index in [1.165, 1.54) is 42.2 Å². The third-order valence-electron chi connectivity index (χ3n) is 8.01. The normalized spacial score (nSPS) is 20.4. The number of nitrogens with zero attached hydrogens (tertiary/aromatic N) is 7. The fourth-order valence-electron chi connectivity index (χ4n) is 5.98. The lowest BCUT2D eigenvalue weighted by atomic mass is 9.61. The van der Waals surface area contributed by atoms with Gasteiger partial charge in [0.15, 0.2) is 5.01 Å².